The van der Waals surface area contributed by atoms with Gasteiger partial charge in [0.05, 0.1) is 0 Å². The average Bonchev–Trinajstić information content (AvgIpc) is 2.78. The minimum atomic E-state index is -0.758. The van der Waals surface area contributed by atoms with E-state index in [1.807, 2.05) is 0 Å². The van der Waals surface area contributed by atoms with Crippen molar-refractivity contribution in [1.82, 2.24) is 0 Å². The molecule has 0 N–H and O–H groups in total. The summed E-state index contributed by atoms with van der Waals surface area (Å²) in [5, 5.41) is 0. The molecule has 2 aliphatic rings. The fraction of sp³-hybridized carbons (Fsp3) is 0.769. The molecule has 31 heavy (non-hydrogen) atoms. The van der Waals surface area contributed by atoms with E-state index in [4.69, 9.17) is 4.74 Å². The van der Waals surface area contributed by atoms with Crippen LogP contribution in [0.5, 0.6) is 5.75 Å². The Morgan fingerprint density at radius 1 is 0.903 bits per heavy atom. The van der Waals surface area contributed by atoms with E-state index in [1.165, 1.54) is 57.1 Å². The molecular formula is C26H41F3OSi. The van der Waals surface area contributed by atoms with Crippen molar-refractivity contribution in [3.63, 3.8) is 0 Å². The lowest BCUT2D eigenvalue weighted by Gasteiger charge is -2.30. The highest BCUT2D eigenvalue weighted by Crippen LogP contribution is 2.40. The third-order valence-electron chi connectivity index (χ3n) is 7.80. The van der Waals surface area contributed by atoms with E-state index < -0.39 is 24.1 Å². The predicted octanol–water partition coefficient (Wildman–Crippen LogP) is 8.19. The summed E-state index contributed by atoms with van der Waals surface area (Å²) in [5.74, 6) is 0.118. The van der Waals surface area contributed by atoms with Gasteiger partial charge in [-0.05, 0) is 61.1 Å². The molecule has 1 saturated heterocycles. The van der Waals surface area contributed by atoms with Crippen LogP contribution >= 0.6 is 0 Å². The number of alkyl halides is 1. The zero-order chi connectivity index (χ0) is 22.1. The fourth-order valence-electron chi connectivity index (χ4n) is 5.96. The summed E-state index contributed by atoms with van der Waals surface area (Å²) in [6.07, 6.45) is 14.2. The van der Waals surface area contributed by atoms with Gasteiger partial charge in [0.15, 0.2) is 17.4 Å². The Morgan fingerprint density at radius 2 is 1.48 bits per heavy atom. The SMILES string of the molecule is CCC[SiH]1CCC(CCCC[C@H]2CC[C@H](c3cc(F)c(OCCF)c(F)c3)CC2)CC1. The molecule has 1 heterocycles. The first-order valence-electron chi connectivity index (χ1n) is 12.8. The molecule has 1 nitrogen and oxygen atoms in total. The third kappa shape index (κ3) is 7.54. The second-order valence-corrected chi connectivity index (χ2v) is 13.5. The van der Waals surface area contributed by atoms with Gasteiger partial charge in [-0.15, -0.1) is 0 Å². The van der Waals surface area contributed by atoms with Crippen LogP contribution < -0.4 is 4.74 Å². The molecule has 2 fully saturated rings. The fourth-order valence-corrected chi connectivity index (χ4v) is 9.53. The normalized spacial score (nSPS) is 26.7. The van der Waals surface area contributed by atoms with Gasteiger partial charge in [0.25, 0.3) is 0 Å². The maximum atomic E-state index is 14.2. The van der Waals surface area contributed by atoms with Gasteiger partial charge in [0.1, 0.15) is 13.3 Å². The highest BCUT2D eigenvalue weighted by atomic mass is 28.3. The first-order chi connectivity index (χ1) is 15.1. The van der Waals surface area contributed by atoms with E-state index >= 15 is 0 Å². The number of halogens is 3. The summed E-state index contributed by atoms with van der Waals surface area (Å²) in [6, 6.07) is 7.52. The zero-order valence-corrected chi connectivity index (χ0v) is 20.5. The number of hydrogen-bond donors (Lipinski definition) is 0. The molecule has 1 aromatic carbocycles. The molecule has 0 spiro atoms. The minimum Gasteiger partial charge on any atom is -0.485 e. The standard InChI is InChI=1S/C26H41F3OSi/c1-2-15-31-16-11-21(12-17-31)6-4-3-5-20-7-9-22(10-8-20)23-18-24(28)26(25(29)19-23)30-14-13-27/h18-22,31H,2-17H2,1H3/t20-,21?,22-,31?. The van der Waals surface area contributed by atoms with Crippen molar-refractivity contribution in [2.75, 3.05) is 13.3 Å². The highest BCUT2D eigenvalue weighted by Gasteiger charge is 2.25. The van der Waals surface area contributed by atoms with Gasteiger partial charge >= 0.3 is 0 Å². The third-order valence-corrected chi connectivity index (χ3v) is 11.5. The van der Waals surface area contributed by atoms with E-state index in [2.05, 4.69) is 6.92 Å². The Bertz CT molecular complexity index is 629. The molecule has 0 aromatic heterocycles. The maximum Gasteiger partial charge on any atom is 0.190 e. The van der Waals surface area contributed by atoms with Crippen molar-refractivity contribution in [3.8, 4) is 5.75 Å². The van der Waals surface area contributed by atoms with Crippen LogP contribution in [0.1, 0.15) is 89.0 Å². The lowest BCUT2D eigenvalue weighted by atomic mass is 9.77. The van der Waals surface area contributed by atoms with Crippen molar-refractivity contribution >= 4 is 8.80 Å². The summed E-state index contributed by atoms with van der Waals surface area (Å²) in [5.41, 5.74) is 0.725. The van der Waals surface area contributed by atoms with Gasteiger partial charge < -0.3 is 4.74 Å². The summed E-state index contributed by atoms with van der Waals surface area (Å²) >= 11 is 0. The Kier molecular flexibility index (Phi) is 10.3. The monoisotopic (exact) mass is 454 g/mol. The molecule has 0 bridgehead atoms. The van der Waals surface area contributed by atoms with E-state index in [9.17, 15) is 13.2 Å². The van der Waals surface area contributed by atoms with E-state index in [1.54, 1.807) is 18.1 Å². The minimum absolute atomic E-state index is 0.220. The van der Waals surface area contributed by atoms with Crippen molar-refractivity contribution in [2.24, 2.45) is 11.8 Å². The summed E-state index contributed by atoms with van der Waals surface area (Å²) in [6.45, 7) is 1.26. The van der Waals surface area contributed by atoms with E-state index in [0.717, 1.165) is 43.1 Å². The smallest absolute Gasteiger partial charge is 0.190 e. The van der Waals surface area contributed by atoms with Crippen molar-refractivity contribution in [1.29, 1.82) is 0 Å². The highest BCUT2D eigenvalue weighted by molar-refractivity contribution is 6.58. The van der Waals surface area contributed by atoms with Gasteiger partial charge in [-0.3, -0.25) is 0 Å². The number of rotatable bonds is 11. The van der Waals surface area contributed by atoms with Crippen molar-refractivity contribution in [2.45, 2.75) is 102 Å². The number of ether oxygens (including phenoxy) is 1. The Labute approximate surface area is 188 Å². The van der Waals surface area contributed by atoms with Crippen LogP contribution in [0.2, 0.25) is 18.1 Å². The molecule has 0 amide bonds. The molecule has 0 unspecified atom stereocenters. The topological polar surface area (TPSA) is 9.23 Å². The molecule has 5 heteroatoms. The van der Waals surface area contributed by atoms with Crippen LogP contribution in [0.3, 0.4) is 0 Å². The summed E-state index contributed by atoms with van der Waals surface area (Å²) in [7, 11) is -0.345. The summed E-state index contributed by atoms with van der Waals surface area (Å²) in [4.78, 5) is 0. The van der Waals surface area contributed by atoms with E-state index in [-0.39, 0.29) is 21.3 Å². The van der Waals surface area contributed by atoms with Gasteiger partial charge in [-0.25, -0.2) is 13.2 Å². The molecule has 1 aliphatic heterocycles. The Morgan fingerprint density at radius 3 is 2.03 bits per heavy atom. The molecule has 1 aliphatic carbocycles. The molecule has 1 saturated carbocycles. The molecule has 1 aromatic rings. The van der Waals surface area contributed by atoms with Crippen LogP contribution in [0, 0.1) is 23.5 Å². The van der Waals surface area contributed by atoms with Crippen molar-refractivity contribution in [3.05, 3.63) is 29.3 Å². The number of hydrogen-bond acceptors (Lipinski definition) is 1. The molecular weight excluding hydrogens is 413 g/mol. The zero-order valence-electron chi connectivity index (χ0n) is 19.3. The predicted molar refractivity (Wildman–Crippen MR) is 126 cm³/mol. The molecule has 3 rings (SSSR count). The second kappa shape index (κ2) is 12.9. The average molecular weight is 455 g/mol. The van der Waals surface area contributed by atoms with Gasteiger partial charge in [-0.1, -0.05) is 70.0 Å². The molecule has 176 valence electrons. The van der Waals surface area contributed by atoms with Crippen LogP contribution in [-0.2, 0) is 0 Å². The van der Waals surface area contributed by atoms with Crippen LogP contribution in [0.25, 0.3) is 0 Å². The first-order valence-corrected chi connectivity index (χ1v) is 15.2. The Hall–Kier alpha value is -0.973. The maximum absolute atomic E-state index is 14.2. The summed E-state index contributed by atoms with van der Waals surface area (Å²) < 4.78 is 45.5. The quantitative estimate of drug-likeness (QED) is 0.242. The number of unbranched alkanes of at least 4 members (excludes halogenated alkanes) is 1. The van der Waals surface area contributed by atoms with Crippen LogP contribution in [0.4, 0.5) is 13.2 Å². The Balaban J connectivity index is 1.34. The van der Waals surface area contributed by atoms with Crippen LogP contribution in [-0.4, -0.2) is 22.1 Å². The van der Waals surface area contributed by atoms with Crippen LogP contribution in [0.15, 0.2) is 12.1 Å². The van der Waals surface area contributed by atoms with Gasteiger partial charge in [0, 0.05) is 8.80 Å². The van der Waals surface area contributed by atoms with Gasteiger partial charge in [0.2, 0.25) is 0 Å². The van der Waals surface area contributed by atoms with E-state index in [0.29, 0.717) is 0 Å². The largest absolute Gasteiger partial charge is 0.485 e. The van der Waals surface area contributed by atoms with Gasteiger partial charge in [-0.2, -0.15) is 0 Å². The molecule has 0 atom stereocenters. The van der Waals surface area contributed by atoms with Crippen molar-refractivity contribution < 1.29 is 17.9 Å². The lowest BCUT2D eigenvalue weighted by Crippen LogP contribution is -2.21. The molecule has 0 radical (unpaired) electrons. The first kappa shape index (κ1) is 24.7. The number of benzene rings is 1. The lowest BCUT2D eigenvalue weighted by molar-refractivity contribution is 0.250. The second-order valence-electron chi connectivity index (χ2n) is 10.0.